The molecule has 1 aromatic rings. The first-order valence-electron chi connectivity index (χ1n) is 10.9. The summed E-state index contributed by atoms with van der Waals surface area (Å²) in [6, 6.07) is 5.82. The molecule has 2 fully saturated rings. The topological polar surface area (TPSA) is 81.2 Å². The molecule has 0 unspecified atom stereocenters. The number of aliphatic hydroxyl groups excluding tert-OH is 1. The molecule has 0 spiro atoms. The van der Waals surface area contributed by atoms with Crippen molar-refractivity contribution in [3.05, 3.63) is 35.6 Å². The van der Waals surface area contributed by atoms with Crippen molar-refractivity contribution in [3.8, 4) is 0 Å². The van der Waals surface area contributed by atoms with Gasteiger partial charge in [0.05, 0.1) is 5.41 Å². The number of carbonyl (C=O) groups is 3. The molecule has 8 heteroatoms. The number of likely N-dealkylation sites (tertiary alicyclic amines) is 2. The number of hydrogen-bond donors (Lipinski definition) is 1. The van der Waals surface area contributed by atoms with Gasteiger partial charge in [-0.05, 0) is 45.8 Å². The molecule has 0 bridgehead atoms. The summed E-state index contributed by atoms with van der Waals surface area (Å²) in [6.45, 7) is 1.21. The maximum Gasteiger partial charge on any atom is 0.241 e. The Bertz CT molecular complexity index is 829. The maximum absolute atomic E-state index is 14.9. The van der Waals surface area contributed by atoms with Gasteiger partial charge in [-0.15, -0.1) is 0 Å². The van der Waals surface area contributed by atoms with Crippen LogP contribution in [0, 0.1) is 5.82 Å². The van der Waals surface area contributed by atoms with Crippen LogP contribution in [0.3, 0.4) is 0 Å². The van der Waals surface area contributed by atoms with E-state index in [4.69, 9.17) is 0 Å². The van der Waals surface area contributed by atoms with Crippen LogP contribution in [0.4, 0.5) is 4.39 Å². The van der Waals surface area contributed by atoms with Crippen LogP contribution in [0.15, 0.2) is 24.3 Å². The zero-order valence-electron chi connectivity index (χ0n) is 18.3. The van der Waals surface area contributed by atoms with Crippen molar-refractivity contribution in [3.63, 3.8) is 0 Å². The van der Waals surface area contributed by atoms with Gasteiger partial charge in [-0.3, -0.25) is 19.3 Å². The van der Waals surface area contributed by atoms with E-state index in [0.29, 0.717) is 19.5 Å². The molecule has 2 heterocycles. The highest BCUT2D eigenvalue weighted by Gasteiger charge is 2.55. The second kappa shape index (κ2) is 9.87. The summed E-state index contributed by atoms with van der Waals surface area (Å²) in [4.78, 5) is 44.5. The van der Waals surface area contributed by atoms with Crippen LogP contribution in [0.2, 0.25) is 0 Å². The standard InChI is InChI=1S/C23H32FN3O4/c1-25(2)12-13-27-21(30)16-23(22(27)31,18-8-3-4-9-19(18)24)15-20(29)26-11-6-5-7-17(26)10-14-28/h3-4,8-9,17,28H,5-7,10-16H2,1-2H3/t17-,23-/m0/s1. The van der Waals surface area contributed by atoms with Gasteiger partial charge >= 0.3 is 0 Å². The molecule has 3 rings (SSSR count). The quantitative estimate of drug-likeness (QED) is 0.629. The molecule has 31 heavy (non-hydrogen) atoms. The zero-order valence-corrected chi connectivity index (χ0v) is 18.3. The van der Waals surface area contributed by atoms with Crippen molar-refractivity contribution in [2.24, 2.45) is 0 Å². The summed E-state index contributed by atoms with van der Waals surface area (Å²) in [5.74, 6) is -1.74. The normalized spacial score (nSPS) is 24.4. The van der Waals surface area contributed by atoms with E-state index in [9.17, 15) is 23.9 Å². The lowest BCUT2D eigenvalue weighted by molar-refractivity contribution is -0.144. The summed E-state index contributed by atoms with van der Waals surface area (Å²) in [5, 5.41) is 9.39. The van der Waals surface area contributed by atoms with E-state index in [1.54, 1.807) is 11.0 Å². The predicted molar refractivity (Wildman–Crippen MR) is 114 cm³/mol. The second-order valence-electron chi connectivity index (χ2n) is 8.82. The van der Waals surface area contributed by atoms with Gasteiger partial charge in [0.25, 0.3) is 0 Å². The SMILES string of the molecule is CN(C)CCN1C(=O)C[C@@](CC(=O)N2CCCC[C@H]2CCO)(c2ccccc2F)C1=O. The van der Waals surface area contributed by atoms with Crippen LogP contribution >= 0.6 is 0 Å². The first-order chi connectivity index (χ1) is 14.8. The monoisotopic (exact) mass is 433 g/mol. The van der Waals surface area contributed by atoms with Crippen LogP contribution in [0.1, 0.15) is 44.1 Å². The van der Waals surface area contributed by atoms with E-state index in [2.05, 4.69) is 0 Å². The molecule has 1 N–H and O–H groups in total. The highest BCUT2D eigenvalue weighted by Crippen LogP contribution is 2.42. The number of carbonyl (C=O) groups excluding carboxylic acids is 3. The number of rotatable bonds is 8. The predicted octanol–water partition coefficient (Wildman–Crippen LogP) is 1.54. The van der Waals surface area contributed by atoms with Gasteiger partial charge < -0.3 is 14.9 Å². The average Bonchev–Trinajstić information content (AvgIpc) is 2.97. The van der Waals surface area contributed by atoms with Crippen LogP contribution in [0.25, 0.3) is 0 Å². The summed E-state index contributed by atoms with van der Waals surface area (Å²) in [5.41, 5.74) is -1.43. The van der Waals surface area contributed by atoms with E-state index >= 15 is 0 Å². The van der Waals surface area contributed by atoms with Crippen LogP contribution in [0.5, 0.6) is 0 Å². The van der Waals surface area contributed by atoms with Gasteiger partial charge in [-0.2, -0.15) is 0 Å². The van der Waals surface area contributed by atoms with Gasteiger partial charge in [-0.25, -0.2) is 4.39 Å². The van der Waals surface area contributed by atoms with Crippen molar-refractivity contribution >= 4 is 17.7 Å². The molecule has 2 saturated heterocycles. The fourth-order valence-corrected chi connectivity index (χ4v) is 4.76. The Morgan fingerprint density at radius 1 is 1.26 bits per heavy atom. The van der Waals surface area contributed by atoms with E-state index in [1.165, 1.54) is 23.1 Å². The molecule has 3 amide bonds. The van der Waals surface area contributed by atoms with Gasteiger partial charge in [0.2, 0.25) is 17.7 Å². The van der Waals surface area contributed by atoms with E-state index in [-0.39, 0.29) is 49.4 Å². The Hall–Kier alpha value is -2.32. The van der Waals surface area contributed by atoms with Gasteiger partial charge in [0.15, 0.2) is 0 Å². The summed E-state index contributed by atoms with van der Waals surface area (Å²) >= 11 is 0. The number of piperidine rings is 1. The first-order valence-corrected chi connectivity index (χ1v) is 10.9. The molecule has 0 radical (unpaired) electrons. The molecule has 0 aliphatic carbocycles. The largest absolute Gasteiger partial charge is 0.396 e. The molecular formula is C23H32FN3O4. The molecule has 2 aliphatic heterocycles. The van der Waals surface area contributed by atoms with Gasteiger partial charge in [-0.1, -0.05) is 18.2 Å². The van der Waals surface area contributed by atoms with E-state index in [1.807, 2.05) is 19.0 Å². The number of imide groups is 1. The molecule has 0 aromatic heterocycles. The van der Waals surface area contributed by atoms with Gasteiger partial charge in [0.1, 0.15) is 5.82 Å². The lowest BCUT2D eigenvalue weighted by Crippen LogP contribution is -2.49. The maximum atomic E-state index is 14.9. The third kappa shape index (κ3) is 4.80. The molecule has 170 valence electrons. The number of hydrogen-bond acceptors (Lipinski definition) is 5. The minimum absolute atomic E-state index is 0.0252. The minimum atomic E-state index is -1.53. The summed E-state index contributed by atoms with van der Waals surface area (Å²) < 4.78 is 14.9. The molecular weight excluding hydrogens is 401 g/mol. The Labute approximate surface area is 182 Å². The number of nitrogens with zero attached hydrogens (tertiary/aromatic N) is 3. The Morgan fingerprint density at radius 3 is 2.68 bits per heavy atom. The van der Waals surface area contributed by atoms with Crippen molar-refractivity contribution < 1.29 is 23.9 Å². The third-order valence-corrected chi connectivity index (χ3v) is 6.43. The fraction of sp³-hybridized carbons (Fsp3) is 0.609. The zero-order chi connectivity index (χ0) is 22.6. The van der Waals surface area contributed by atoms with Gasteiger partial charge in [0, 0.05) is 50.7 Å². The van der Waals surface area contributed by atoms with Crippen molar-refractivity contribution in [2.75, 3.05) is 40.3 Å². The van der Waals surface area contributed by atoms with E-state index < -0.39 is 17.1 Å². The third-order valence-electron chi connectivity index (χ3n) is 6.43. The molecule has 2 aliphatic rings. The Morgan fingerprint density at radius 2 is 2.00 bits per heavy atom. The fourth-order valence-electron chi connectivity index (χ4n) is 4.76. The highest BCUT2D eigenvalue weighted by atomic mass is 19.1. The second-order valence-corrected chi connectivity index (χ2v) is 8.82. The average molecular weight is 434 g/mol. The summed E-state index contributed by atoms with van der Waals surface area (Å²) in [6.07, 6.45) is 2.62. The Kier molecular flexibility index (Phi) is 7.43. The number of benzene rings is 1. The molecule has 0 saturated carbocycles. The minimum Gasteiger partial charge on any atom is -0.396 e. The van der Waals surface area contributed by atoms with Crippen molar-refractivity contribution in [1.29, 1.82) is 0 Å². The van der Waals surface area contributed by atoms with Crippen LogP contribution in [-0.2, 0) is 19.8 Å². The summed E-state index contributed by atoms with van der Waals surface area (Å²) in [7, 11) is 3.69. The number of halogens is 1. The van der Waals surface area contributed by atoms with Crippen LogP contribution in [-0.4, -0.2) is 83.9 Å². The number of amides is 3. The lowest BCUT2D eigenvalue weighted by atomic mass is 9.75. The molecule has 1 aromatic carbocycles. The lowest BCUT2D eigenvalue weighted by Gasteiger charge is -2.38. The molecule has 2 atom stereocenters. The highest BCUT2D eigenvalue weighted by molar-refractivity contribution is 6.10. The Balaban J connectivity index is 1.94. The molecule has 7 nitrogen and oxygen atoms in total. The van der Waals surface area contributed by atoms with Crippen molar-refractivity contribution in [1.82, 2.24) is 14.7 Å². The number of likely N-dealkylation sites (N-methyl/N-ethyl adjacent to an activating group) is 1. The first kappa shape index (κ1) is 23.3. The van der Waals surface area contributed by atoms with Crippen LogP contribution < -0.4 is 0 Å². The van der Waals surface area contributed by atoms with E-state index in [0.717, 1.165) is 19.3 Å². The smallest absolute Gasteiger partial charge is 0.241 e. The van der Waals surface area contributed by atoms with Crippen molar-refractivity contribution in [2.45, 2.75) is 50.0 Å². The number of aliphatic hydroxyl groups is 1.